The zero-order valence-electron chi connectivity index (χ0n) is 7.94. The van der Waals surface area contributed by atoms with E-state index in [-0.39, 0.29) is 24.6 Å². The average molecular weight is 198 g/mol. The summed E-state index contributed by atoms with van der Waals surface area (Å²) >= 11 is 0. The molecule has 0 bridgehead atoms. The molecule has 1 aliphatic heterocycles. The molecule has 78 valence electrons. The highest BCUT2D eigenvalue weighted by Gasteiger charge is 2.28. The molecule has 0 saturated carbocycles. The SMILES string of the molecule is C=CC(=O)OC(=C)C1CCC(CO)O1. The normalized spacial score (nSPS) is 25.8. The first-order valence-electron chi connectivity index (χ1n) is 4.46. The highest BCUT2D eigenvalue weighted by atomic mass is 16.6. The van der Waals surface area contributed by atoms with Gasteiger partial charge in [-0.1, -0.05) is 13.2 Å². The molecule has 14 heavy (non-hydrogen) atoms. The number of ether oxygens (including phenoxy) is 2. The van der Waals surface area contributed by atoms with Gasteiger partial charge in [-0.05, 0) is 12.8 Å². The van der Waals surface area contributed by atoms with E-state index in [1.807, 2.05) is 0 Å². The smallest absolute Gasteiger partial charge is 0.335 e. The monoisotopic (exact) mass is 198 g/mol. The molecule has 0 aromatic heterocycles. The van der Waals surface area contributed by atoms with Crippen molar-refractivity contribution < 1.29 is 19.4 Å². The molecule has 0 spiro atoms. The van der Waals surface area contributed by atoms with Crippen LogP contribution in [0, 0.1) is 0 Å². The molecule has 0 amide bonds. The van der Waals surface area contributed by atoms with Crippen molar-refractivity contribution in [3.63, 3.8) is 0 Å². The molecule has 2 unspecified atom stereocenters. The summed E-state index contributed by atoms with van der Waals surface area (Å²) in [6.07, 6.45) is 2.08. The van der Waals surface area contributed by atoms with Gasteiger partial charge in [0, 0.05) is 6.08 Å². The summed E-state index contributed by atoms with van der Waals surface area (Å²) in [7, 11) is 0. The molecule has 1 rings (SSSR count). The number of rotatable bonds is 4. The molecule has 1 aliphatic rings. The molecule has 1 saturated heterocycles. The quantitative estimate of drug-likeness (QED) is 0.412. The van der Waals surface area contributed by atoms with Crippen LogP contribution in [0.1, 0.15) is 12.8 Å². The second kappa shape index (κ2) is 4.93. The van der Waals surface area contributed by atoms with Crippen LogP contribution in [0.4, 0.5) is 0 Å². The molecule has 1 heterocycles. The summed E-state index contributed by atoms with van der Waals surface area (Å²) in [5, 5.41) is 8.82. The van der Waals surface area contributed by atoms with Crippen molar-refractivity contribution in [3.05, 3.63) is 25.0 Å². The maximum absolute atomic E-state index is 10.8. The summed E-state index contributed by atoms with van der Waals surface area (Å²) < 4.78 is 10.2. The van der Waals surface area contributed by atoms with E-state index in [1.165, 1.54) is 0 Å². The Labute approximate surface area is 82.8 Å². The van der Waals surface area contributed by atoms with E-state index in [1.54, 1.807) is 0 Å². The third-order valence-electron chi connectivity index (χ3n) is 2.07. The fourth-order valence-corrected chi connectivity index (χ4v) is 1.31. The molecule has 4 heteroatoms. The predicted octanol–water partition coefficient (Wildman–Crippen LogP) is 0.769. The lowest BCUT2D eigenvalue weighted by Gasteiger charge is -2.13. The molecule has 4 nitrogen and oxygen atoms in total. The van der Waals surface area contributed by atoms with Gasteiger partial charge in [-0.15, -0.1) is 0 Å². The second-order valence-electron chi connectivity index (χ2n) is 3.10. The van der Waals surface area contributed by atoms with Crippen LogP contribution in [0.25, 0.3) is 0 Å². The Morgan fingerprint density at radius 2 is 2.36 bits per heavy atom. The Kier molecular flexibility index (Phi) is 3.85. The van der Waals surface area contributed by atoms with Gasteiger partial charge in [0.1, 0.15) is 11.9 Å². The Morgan fingerprint density at radius 3 is 2.86 bits per heavy atom. The topological polar surface area (TPSA) is 55.8 Å². The van der Waals surface area contributed by atoms with Crippen LogP contribution in [-0.4, -0.2) is 29.9 Å². The summed E-state index contributed by atoms with van der Waals surface area (Å²) in [6, 6.07) is 0. The summed E-state index contributed by atoms with van der Waals surface area (Å²) in [6.45, 7) is 6.86. The Bertz CT molecular complexity index is 247. The van der Waals surface area contributed by atoms with Crippen molar-refractivity contribution in [2.45, 2.75) is 25.0 Å². The molecule has 0 aromatic rings. The summed E-state index contributed by atoms with van der Waals surface area (Å²) in [5.74, 6) is -0.253. The van der Waals surface area contributed by atoms with Crippen molar-refractivity contribution >= 4 is 5.97 Å². The van der Waals surface area contributed by atoms with E-state index in [0.29, 0.717) is 6.42 Å². The summed E-state index contributed by atoms with van der Waals surface area (Å²) in [5.41, 5.74) is 0. The standard InChI is InChI=1S/C10H14O4/c1-3-10(12)13-7(2)9-5-4-8(6-11)14-9/h3,8-9,11H,1-2,4-6H2. The van der Waals surface area contributed by atoms with Crippen molar-refractivity contribution in [2.75, 3.05) is 6.61 Å². The van der Waals surface area contributed by atoms with Gasteiger partial charge in [0.05, 0.1) is 12.7 Å². The lowest BCUT2D eigenvalue weighted by Crippen LogP contribution is -2.18. The number of aliphatic hydroxyl groups excluding tert-OH is 1. The fraction of sp³-hybridized carbons (Fsp3) is 0.500. The minimum atomic E-state index is -0.536. The first-order chi connectivity index (χ1) is 6.67. The largest absolute Gasteiger partial charge is 0.426 e. The maximum Gasteiger partial charge on any atom is 0.335 e. The zero-order chi connectivity index (χ0) is 10.6. The van der Waals surface area contributed by atoms with Crippen LogP contribution < -0.4 is 0 Å². The Balaban J connectivity index is 2.39. The van der Waals surface area contributed by atoms with Crippen molar-refractivity contribution in [1.82, 2.24) is 0 Å². The van der Waals surface area contributed by atoms with Gasteiger partial charge >= 0.3 is 5.97 Å². The maximum atomic E-state index is 10.8. The number of carbonyl (C=O) groups is 1. The van der Waals surface area contributed by atoms with Crippen LogP contribution in [0.2, 0.25) is 0 Å². The Morgan fingerprint density at radius 1 is 1.64 bits per heavy atom. The molecular weight excluding hydrogens is 184 g/mol. The minimum Gasteiger partial charge on any atom is -0.426 e. The van der Waals surface area contributed by atoms with E-state index in [0.717, 1.165) is 12.5 Å². The molecule has 0 aromatic carbocycles. The first kappa shape index (κ1) is 10.9. The summed E-state index contributed by atoms with van der Waals surface area (Å²) in [4.78, 5) is 10.8. The number of carbonyl (C=O) groups excluding carboxylic acids is 1. The number of esters is 1. The van der Waals surface area contributed by atoms with Crippen LogP contribution in [-0.2, 0) is 14.3 Å². The van der Waals surface area contributed by atoms with Gasteiger partial charge in [0.2, 0.25) is 0 Å². The van der Waals surface area contributed by atoms with Gasteiger partial charge in [0.15, 0.2) is 0 Å². The van der Waals surface area contributed by atoms with E-state index in [4.69, 9.17) is 14.6 Å². The lowest BCUT2D eigenvalue weighted by atomic mass is 10.2. The molecule has 0 radical (unpaired) electrons. The number of hydrogen-bond acceptors (Lipinski definition) is 4. The van der Waals surface area contributed by atoms with Crippen molar-refractivity contribution in [1.29, 1.82) is 0 Å². The zero-order valence-corrected chi connectivity index (χ0v) is 7.94. The third kappa shape index (κ3) is 2.68. The van der Waals surface area contributed by atoms with Gasteiger partial charge < -0.3 is 14.6 Å². The van der Waals surface area contributed by atoms with E-state index in [2.05, 4.69) is 13.2 Å². The van der Waals surface area contributed by atoms with Crippen LogP contribution in [0.5, 0.6) is 0 Å². The van der Waals surface area contributed by atoms with Crippen LogP contribution in [0.3, 0.4) is 0 Å². The van der Waals surface area contributed by atoms with Crippen molar-refractivity contribution in [3.8, 4) is 0 Å². The lowest BCUT2D eigenvalue weighted by molar-refractivity contribution is -0.135. The molecule has 0 aliphatic carbocycles. The highest BCUT2D eigenvalue weighted by Crippen LogP contribution is 2.24. The van der Waals surface area contributed by atoms with Crippen LogP contribution in [0.15, 0.2) is 25.0 Å². The third-order valence-corrected chi connectivity index (χ3v) is 2.07. The molecule has 1 N–H and O–H groups in total. The Hall–Kier alpha value is -1.13. The first-order valence-corrected chi connectivity index (χ1v) is 4.46. The second-order valence-corrected chi connectivity index (χ2v) is 3.10. The van der Waals surface area contributed by atoms with Gasteiger partial charge in [-0.25, -0.2) is 4.79 Å². The van der Waals surface area contributed by atoms with E-state index >= 15 is 0 Å². The van der Waals surface area contributed by atoms with Crippen LogP contribution >= 0.6 is 0 Å². The van der Waals surface area contributed by atoms with Gasteiger partial charge in [-0.3, -0.25) is 0 Å². The van der Waals surface area contributed by atoms with Gasteiger partial charge in [-0.2, -0.15) is 0 Å². The fourth-order valence-electron chi connectivity index (χ4n) is 1.31. The average Bonchev–Trinajstić information content (AvgIpc) is 2.65. The minimum absolute atomic E-state index is 0.0147. The van der Waals surface area contributed by atoms with E-state index in [9.17, 15) is 4.79 Å². The number of hydrogen-bond donors (Lipinski definition) is 1. The number of aliphatic hydroxyl groups is 1. The van der Waals surface area contributed by atoms with E-state index < -0.39 is 5.97 Å². The van der Waals surface area contributed by atoms with Gasteiger partial charge in [0.25, 0.3) is 0 Å². The molecule has 1 fully saturated rings. The highest BCUT2D eigenvalue weighted by molar-refractivity contribution is 5.82. The molecular formula is C10H14O4. The molecule has 2 atom stereocenters. The predicted molar refractivity (Wildman–Crippen MR) is 50.4 cm³/mol. The van der Waals surface area contributed by atoms with Crippen molar-refractivity contribution in [2.24, 2.45) is 0 Å².